The molecule has 1 aromatic carbocycles. The number of aromatic nitrogens is 2. The van der Waals surface area contributed by atoms with Crippen molar-refractivity contribution in [2.45, 2.75) is 19.5 Å². The number of hydrogen-bond donors (Lipinski definition) is 1. The first-order valence-corrected chi connectivity index (χ1v) is 6.94. The van der Waals surface area contributed by atoms with Gasteiger partial charge in [-0.25, -0.2) is 4.98 Å². The quantitative estimate of drug-likeness (QED) is 0.800. The van der Waals surface area contributed by atoms with Crippen LogP contribution in [0.4, 0.5) is 13.2 Å². The van der Waals surface area contributed by atoms with Crippen LogP contribution in [0.3, 0.4) is 0 Å². The van der Waals surface area contributed by atoms with Gasteiger partial charge in [-0.05, 0) is 33.6 Å². The van der Waals surface area contributed by atoms with Gasteiger partial charge in [-0.1, -0.05) is 6.07 Å². The molecule has 0 fully saturated rings. The third-order valence-corrected chi connectivity index (χ3v) is 3.28. The van der Waals surface area contributed by atoms with Crippen LogP contribution in [0.25, 0.3) is 0 Å². The maximum atomic E-state index is 12.1. The van der Waals surface area contributed by atoms with Gasteiger partial charge in [0.15, 0.2) is 0 Å². The molecule has 0 saturated carbocycles. The van der Waals surface area contributed by atoms with E-state index in [9.17, 15) is 13.2 Å². The lowest BCUT2D eigenvalue weighted by Crippen LogP contribution is -2.19. The molecular formula is C13H13BrF3N3O. The molecule has 0 aliphatic carbocycles. The average Bonchev–Trinajstić information content (AvgIpc) is 2.89. The summed E-state index contributed by atoms with van der Waals surface area (Å²) in [5.74, 6) is -0.246. The third-order valence-electron chi connectivity index (χ3n) is 2.66. The van der Waals surface area contributed by atoms with E-state index in [1.165, 1.54) is 6.07 Å². The van der Waals surface area contributed by atoms with Crippen LogP contribution in [0.5, 0.6) is 5.75 Å². The highest BCUT2D eigenvalue weighted by Gasteiger charge is 2.31. The van der Waals surface area contributed by atoms with Crippen LogP contribution in [0.15, 0.2) is 41.4 Å². The summed E-state index contributed by atoms with van der Waals surface area (Å²) in [5.41, 5.74) is 0.863. The van der Waals surface area contributed by atoms with Crippen LogP contribution in [-0.4, -0.2) is 22.5 Å². The first kappa shape index (κ1) is 15.8. The highest BCUT2D eigenvalue weighted by Crippen LogP contribution is 2.30. The van der Waals surface area contributed by atoms with E-state index < -0.39 is 6.36 Å². The van der Waals surface area contributed by atoms with E-state index in [0.717, 1.165) is 18.7 Å². The molecule has 2 aromatic rings. The summed E-state index contributed by atoms with van der Waals surface area (Å²) in [6, 6.07) is 4.49. The second-order valence-electron chi connectivity index (χ2n) is 4.29. The number of nitrogens with zero attached hydrogens (tertiary/aromatic N) is 2. The molecule has 4 nitrogen and oxygen atoms in total. The van der Waals surface area contributed by atoms with Crippen molar-refractivity contribution in [2.75, 3.05) is 6.54 Å². The molecule has 2 rings (SSSR count). The SMILES string of the molecule is FC(F)(F)Oc1ccc(CNCCn2ccnc2)cc1Br. The van der Waals surface area contributed by atoms with Crippen LogP contribution >= 0.6 is 15.9 Å². The number of ether oxygens (including phenoxy) is 1. The number of nitrogens with one attached hydrogen (secondary N) is 1. The van der Waals surface area contributed by atoms with E-state index in [1.807, 2.05) is 10.8 Å². The van der Waals surface area contributed by atoms with Crippen molar-refractivity contribution in [3.05, 3.63) is 47.0 Å². The zero-order valence-corrected chi connectivity index (χ0v) is 12.5. The molecule has 0 aliphatic rings. The summed E-state index contributed by atoms with van der Waals surface area (Å²) in [4.78, 5) is 3.93. The van der Waals surface area contributed by atoms with Crippen LogP contribution in [0.1, 0.15) is 5.56 Å². The monoisotopic (exact) mass is 363 g/mol. The maximum absolute atomic E-state index is 12.1. The fourth-order valence-electron chi connectivity index (χ4n) is 1.72. The van der Waals surface area contributed by atoms with Crippen molar-refractivity contribution in [3.8, 4) is 5.75 Å². The number of rotatable bonds is 6. The molecule has 1 heterocycles. The summed E-state index contributed by atoms with van der Waals surface area (Å²) in [7, 11) is 0. The highest BCUT2D eigenvalue weighted by atomic mass is 79.9. The Morgan fingerprint density at radius 1 is 1.33 bits per heavy atom. The Bertz CT molecular complexity index is 573. The minimum absolute atomic E-state index is 0.246. The van der Waals surface area contributed by atoms with Crippen molar-refractivity contribution in [2.24, 2.45) is 0 Å². The summed E-state index contributed by atoms with van der Waals surface area (Å²) < 4.78 is 42.5. The lowest BCUT2D eigenvalue weighted by molar-refractivity contribution is -0.274. The normalized spacial score (nSPS) is 11.6. The molecule has 0 saturated heterocycles. The van der Waals surface area contributed by atoms with Gasteiger partial charge in [-0.2, -0.15) is 0 Å². The molecule has 8 heteroatoms. The van der Waals surface area contributed by atoms with Gasteiger partial charge in [0.2, 0.25) is 0 Å². The Morgan fingerprint density at radius 2 is 2.14 bits per heavy atom. The first-order valence-electron chi connectivity index (χ1n) is 6.15. The lowest BCUT2D eigenvalue weighted by atomic mass is 10.2. The van der Waals surface area contributed by atoms with Gasteiger partial charge in [-0.15, -0.1) is 13.2 Å². The Labute approximate surface area is 128 Å². The summed E-state index contributed by atoms with van der Waals surface area (Å²) >= 11 is 3.08. The summed E-state index contributed by atoms with van der Waals surface area (Å²) in [5, 5.41) is 3.20. The number of imidazole rings is 1. The zero-order chi connectivity index (χ0) is 15.3. The number of benzene rings is 1. The smallest absolute Gasteiger partial charge is 0.405 e. The molecule has 0 aliphatic heterocycles. The average molecular weight is 364 g/mol. The molecule has 1 N–H and O–H groups in total. The molecule has 0 amide bonds. The lowest BCUT2D eigenvalue weighted by Gasteiger charge is -2.12. The predicted molar refractivity (Wildman–Crippen MR) is 74.8 cm³/mol. The standard InChI is InChI=1S/C13H13BrF3N3O/c14-11-7-10(1-2-12(11)21-13(15,16)17)8-18-3-5-20-6-4-19-9-20/h1-2,4,6-7,9,18H,3,5,8H2. The predicted octanol–water partition coefficient (Wildman–Crippen LogP) is 3.33. The van der Waals surface area contributed by atoms with Crippen LogP contribution in [0, 0.1) is 0 Å². The van der Waals surface area contributed by atoms with Gasteiger partial charge < -0.3 is 14.6 Å². The van der Waals surface area contributed by atoms with Crippen molar-refractivity contribution in [1.82, 2.24) is 14.9 Å². The van der Waals surface area contributed by atoms with E-state index in [1.54, 1.807) is 24.7 Å². The molecule has 0 radical (unpaired) electrons. The molecule has 0 bridgehead atoms. The Hall–Kier alpha value is -1.54. The van der Waals surface area contributed by atoms with Crippen LogP contribution in [-0.2, 0) is 13.1 Å². The Kier molecular flexibility index (Phi) is 5.24. The van der Waals surface area contributed by atoms with Gasteiger partial charge in [0.05, 0.1) is 10.8 Å². The Morgan fingerprint density at radius 3 is 2.76 bits per heavy atom. The van der Waals surface area contributed by atoms with E-state index in [2.05, 4.69) is 31.0 Å². The largest absolute Gasteiger partial charge is 0.573 e. The highest BCUT2D eigenvalue weighted by molar-refractivity contribution is 9.10. The molecule has 0 spiro atoms. The minimum Gasteiger partial charge on any atom is -0.405 e. The van der Waals surface area contributed by atoms with E-state index in [-0.39, 0.29) is 10.2 Å². The van der Waals surface area contributed by atoms with Gasteiger partial charge in [-0.3, -0.25) is 0 Å². The second kappa shape index (κ2) is 6.95. The second-order valence-corrected chi connectivity index (χ2v) is 5.14. The molecule has 114 valence electrons. The van der Waals surface area contributed by atoms with Crippen molar-refractivity contribution in [3.63, 3.8) is 0 Å². The fraction of sp³-hybridized carbons (Fsp3) is 0.308. The van der Waals surface area contributed by atoms with Crippen molar-refractivity contribution < 1.29 is 17.9 Å². The summed E-state index contributed by atoms with van der Waals surface area (Å²) in [6.45, 7) is 2.06. The first-order chi connectivity index (χ1) is 9.94. The minimum atomic E-state index is -4.69. The van der Waals surface area contributed by atoms with Gasteiger partial charge in [0.25, 0.3) is 0 Å². The van der Waals surface area contributed by atoms with E-state index in [0.29, 0.717) is 6.54 Å². The summed E-state index contributed by atoms with van der Waals surface area (Å²) in [6.07, 6.45) is 0.604. The maximum Gasteiger partial charge on any atom is 0.573 e. The van der Waals surface area contributed by atoms with Gasteiger partial charge in [0.1, 0.15) is 5.75 Å². The number of hydrogen-bond acceptors (Lipinski definition) is 3. The molecule has 0 atom stereocenters. The molecular weight excluding hydrogens is 351 g/mol. The number of alkyl halides is 3. The van der Waals surface area contributed by atoms with Crippen molar-refractivity contribution >= 4 is 15.9 Å². The topological polar surface area (TPSA) is 39.1 Å². The van der Waals surface area contributed by atoms with E-state index in [4.69, 9.17) is 0 Å². The van der Waals surface area contributed by atoms with Gasteiger partial charge in [0, 0.05) is 32.0 Å². The fourth-order valence-corrected chi connectivity index (χ4v) is 2.23. The van der Waals surface area contributed by atoms with Crippen molar-refractivity contribution in [1.29, 1.82) is 0 Å². The van der Waals surface area contributed by atoms with Gasteiger partial charge >= 0.3 is 6.36 Å². The zero-order valence-electron chi connectivity index (χ0n) is 10.9. The third kappa shape index (κ3) is 5.39. The Balaban J connectivity index is 1.82. The van der Waals surface area contributed by atoms with Crippen LogP contribution < -0.4 is 10.1 Å². The molecule has 0 unspecified atom stereocenters. The molecule has 1 aromatic heterocycles. The van der Waals surface area contributed by atoms with E-state index >= 15 is 0 Å². The molecule has 21 heavy (non-hydrogen) atoms. The number of halogens is 4. The van der Waals surface area contributed by atoms with Crippen LogP contribution in [0.2, 0.25) is 0 Å².